The molecular formula is C25H31IN6O2. The Morgan fingerprint density at radius 1 is 1.18 bits per heavy atom. The smallest absolute Gasteiger partial charge is 0.241 e. The van der Waals surface area contributed by atoms with Crippen molar-refractivity contribution >= 4 is 35.8 Å². The second kappa shape index (κ2) is 11.9. The van der Waals surface area contributed by atoms with E-state index in [0.717, 1.165) is 34.7 Å². The normalized spacial score (nSPS) is 14.9. The Morgan fingerprint density at radius 2 is 1.94 bits per heavy atom. The van der Waals surface area contributed by atoms with Crippen LogP contribution >= 0.6 is 24.0 Å². The van der Waals surface area contributed by atoms with Gasteiger partial charge in [-0.3, -0.25) is 4.79 Å². The zero-order valence-corrected chi connectivity index (χ0v) is 22.0. The molecule has 0 bridgehead atoms. The molecule has 3 aromatic rings. The minimum atomic E-state index is -0.0238. The number of fused-ring (bicyclic) bond motifs is 1. The third-order valence-corrected chi connectivity index (χ3v) is 5.54. The Kier molecular flexibility index (Phi) is 8.91. The van der Waals surface area contributed by atoms with E-state index < -0.39 is 0 Å². The van der Waals surface area contributed by atoms with Crippen molar-refractivity contribution in [3.8, 4) is 11.4 Å². The number of para-hydroxylation sites is 2. The number of nitrogens with zero attached hydrogens (tertiary/aromatic N) is 4. The van der Waals surface area contributed by atoms with Gasteiger partial charge in [-0.1, -0.05) is 36.4 Å². The molecule has 1 aliphatic rings. The molecular weight excluding hydrogens is 543 g/mol. The average Bonchev–Trinajstić information content (AvgIpc) is 3.27. The van der Waals surface area contributed by atoms with Gasteiger partial charge in [0.25, 0.3) is 0 Å². The van der Waals surface area contributed by atoms with Crippen molar-refractivity contribution in [3.63, 3.8) is 0 Å². The van der Waals surface area contributed by atoms with E-state index in [-0.39, 0.29) is 42.5 Å². The van der Waals surface area contributed by atoms with Crippen molar-refractivity contribution in [1.82, 2.24) is 25.3 Å². The summed E-state index contributed by atoms with van der Waals surface area (Å²) in [5.41, 5.74) is 4.06. The summed E-state index contributed by atoms with van der Waals surface area (Å²) in [4.78, 5) is 18.6. The largest absolute Gasteiger partial charge is 0.493 e. The first kappa shape index (κ1) is 25.5. The first-order valence-electron chi connectivity index (χ1n) is 11.1. The Labute approximate surface area is 217 Å². The van der Waals surface area contributed by atoms with E-state index in [1.165, 1.54) is 0 Å². The lowest BCUT2D eigenvalue weighted by molar-refractivity contribution is -0.127. The molecule has 0 aliphatic carbocycles. The maximum atomic E-state index is 12.2. The average molecular weight is 574 g/mol. The summed E-state index contributed by atoms with van der Waals surface area (Å²) < 4.78 is 7.66. The molecule has 0 spiro atoms. The number of halogens is 1. The minimum absolute atomic E-state index is 0. The molecule has 0 saturated heterocycles. The highest BCUT2D eigenvalue weighted by molar-refractivity contribution is 14.0. The number of aliphatic imine (C=N–C) groups is 1. The minimum Gasteiger partial charge on any atom is -0.493 e. The van der Waals surface area contributed by atoms with Crippen molar-refractivity contribution in [2.45, 2.75) is 25.9 Å². The van der Waals surface area contributed by atoms with E-state index in [0.29, 0.717) is 19.1 Å². The van der Waals surface area contributed by atoms with E-state index in [1.54, 1.807) is 19.0 Å². The second-order valence-corrected chi connectivity index (χ2v) is 8.21. The number of amides is 1. The van der Waals surface area contributed by atoms with Gasteiger partial charge in [0.15, 0.2) is 5.96 Å². The fraction of sp³-hybridized carbons (Fsp3) is 0.320. The van der Waals surface area contributed by atoms with Gasteiger partial charge in [0.05, 0.1) is 37.1 Å². The zero-order valence-electron chi connectivity index (χ0n) is 19.7. The molecule has 2 N–H and O–H groups in total. The highest BCUT2D eigenvalue weighted by atomic mass is 127. The molecule has 1 aliphatic heterocycles. The van der Waals surface area contributed by atoms with E-state index in [2.05, 4.69) is 21.8 Å². The number of rotatable bonds is 6. The first-order chi connectivity index (χ1) is 16.0. The van der Waals surface area contributed by atoms with Gasteiger partial charge in [-0.25, -0.2) is 9.67 Å². The van der Waals surface area contributed by atoms with E-state index in [1.807, 2.05) is 66.3 Å². The molecule has 0 fully saturated rings. The van der Waals surface area contributed by atoms with Crippen LogP contribution in [-0.2, 0) is 11.3 Å². The lowest BCUT2D eigenvalue weighted by Gasteiger charge is -2.28. The third kappa shape index (κ3) is 6.28. The van der Waals surface area contributed by atoms with Gasteiger partial charge in [-0.2, -0.15) is 5.10 Å². The number of nitrogens with one attached hydrogen (secondary N) is 2. The van der Waals surface area contributed by atoms with Crippen molar-refractivity contribution in [2.75, 3.05) is 27.2 Å². The van der Waals surface area contributed by atoms with Gasteiger partial charge in [0, 0.05) is 32.3 Å². The molecule has 1 aromatic heterocycles. The molecule has 2 aromatic carbocycles. The predicted octanol–water partition coefficient (Wildman–Crippen LogP) is 3.45. The summed E-state index contributed by atoms with van der Waals surface area (Å²) >= 11 is 0. The van der Waals surface area contributed by atoms with Crippen LogP contribution in [0.25, 0.3) is 5.69 Å². The molecule has 0 radical (unpaired) electrons. The third-order valence-electron chi connectivity index (χ3n) is 5.54. The number of aromatic nitrogens is 2. The van der Waals surface area contributed by atoms with Gasteiger partial charge in [-0.05, 0) is 30.7 Å². The predicted molar refractivity (Wildman–Crippen MR) is 144 cm³/mol. The summed E-state index contributed by atoms with van der Waals surface area (Å²) in [6.07, 6.45) is 2.76. The molecule has 34 heavy (non-hydrogen) atoms. The Hall–Kier alpha value is -3.08. The van der Waals surface area contributed by atoms with Gasteiger partial charge in [0.2, 0.25) is 5.91 Å². The molecule has 1 atom stereocenters. The topological polar surface area (TPSA) is 83.8 Å². The van der Waals surface area contributed by atoms with Gasteiger partial charge in [0.1, 0.15) is 5.75 Å². The monoisotopic (exact) mass is 574 g/mol. The fourth-order valence-corrected chi connectivity index (χ4v) is 3.71. The molecule has 0 saturated carbocycles. The molecule has 4 rings (SSSR count). The molecule has 9 heteroatoms. The van der Waals surface area contributed by atoms with Crippen LogP contribution in [0.1, 0.15) is 29.3 Å². The summed E-state index contributed by atoms with van der Waals surface area (Å²) in [5.74, 6) is 1.44. The summed E-state index contributed by atoms with van der Waals surface area (Å²) in [5, 5.41) is 11.2. The number of benzene rings is 2. The fourth-order valence-electron chi connectivity index (χ4n) is 3.71. The highest BCUT2D eigenvalue weighted by Crippen LogP contribution is 2.31. The molecule has 8 nitrogen and oxygen atoms in total. The number of hydrogen-bond acceptors (Lipinski definition) is 4. The van der Waals surface area contributed by atoms with Crippen molar-refractivity contribution in [3.05, 3.63) is 77.6 Å². The number of carbonyl (C=O) groups is 1. The number of ether oxygens (including phenoxy) is 1. The van der Waals surface area contributed by atoms with Crippen molar-refractivity contribution in [1.29, 1.82) is 0 Å². The zero-order chi connectivity index (χ0) is 23.2. The van der Waals surface area contributed by atoms with Crippen LogP contribution in [0.3, 0.4) is 0 Å². The van der Waals surface area contributed by atoms with Gasteiger partial charge < -0.3 is 20.3 Å². The molecule has 1 unspecified atom stereocenters. The Balaban J connectivity index is 0.00000324. The summed E-state index contributed by atoms with van der Waals surface area (Å²) in [7, 11) is 3.48. The van der Waals surface area contributed by atoms with Crippen LogP contribution in [0, 0.1) is 6.92 Å². The van der Waals surface area contributed by atoms with Crippen LogP contribution in [0.15, 0.2) is 65.8 Å². The highest BCUT2D eigenvalue weighted by Gasteiger charge is 2.22. The second-order valence-electron chi connectivity index (χ2n) is 8.21. The van der Waals surface area contributed by atoms with Crippen LogP contribution in [0.4, 0.5) is 0 Å². The van der Waals surface area contributed by atoms with Crippen molar-refractivity contribution in [2.24, 2.45) is 4.99 Å². The molecule has 180 valence electrons. The summed E-state index contributed by atoms with van der Waals surface area (Å²) in [6, 6.07) is 18.1. The number of carbonyl (C=O) groups excluding carboxylic acids is 1. The SMILES string of the molecule is Cc1ccn(-c2ccccc2CN=C(NCC(=O)N(C)C)NC2CCOc3ccccc32)n1.I. The lowest BCUT2D eigenvalue weighted by atomic mass is 10.0. The number of aryl methyl sites for hydroxylation is 1. The van der Waals surface area contributed by atoms with Crippen molar-refractivity contribution < 1.29 is 9.53 Å². The lowest BCUT2D eigenvalue weighted by Crippen LogP contribution is -2.45. The van der Waals surface area contributed by atoms with E-state index in [4.69, 9.17) is 9.73 Å². The Bertz CT molecular complexity index is 1140. The number of likely N-dealkylation sites (N-methyl/N-ethyl adjacent to an activating group) is 1. The summed E-state index contributed by atoms with van der Waals surface area (Å²) in [6.45, 7) is 3.19. The van der Waals surface area contributed by atoms with E-state index >= 15 is 0 Å². The van der Waals surface area contributed by atoms with Crippen LogP contribution in [-0.4, -0.2) is 53.8 Å². The molecule has 1 amide bonds. The standard InChI is InChI=1S/C25H30N6O2.HI/c1-18-12-14-31(29-18)22-10-6-4-8-19(22)16-26-25(27-17-24(32)30(2)3)28-21-13-15-33-23-11-7-5-9-20(21)23;/h4-12,14,21H,13,15-17H2,1-3H3,(H2,26,27,28);1H. The quantitative estimate of drug-likeness (QED) is 0.268. The Morgan fingerprint density at radius 3 is 2.71 bits per heavy atom. The number of hydrogen-bond donors (Lipinski definition) is 2. The maximum Gasteiger partial charge on any atom is 0.241 e. The molecule has 2 heterocycles. The van der Waals surface area contributed by atoms with Crippen LogP contribution < -0.4 is 15.4 Å². The van der Waals surface area contributed by atoms with Gasteiger partial charge in [-0.15, -0.1) is 24.0 Å². The first-order valence-corrected chi connectivity index (χ1v) is 11.1. The number of guanidine groups is 1. The van der Waals surface area contributed by atoms with Crippen LogP contribution in [0.2, 0.25) is 0 Å². The van der Waals surface area contributed by atoms with Gasteiger partial charge >= 0.3 is 0 Å². The maximum absolute atomic E-state index is 12.2. The van der Waals surface area contributed by atoms with Crippen LogP contribution in [0.5, 0.6) is 5.75 Å². The van der Waals surface area contributed by atoms with E-state index in [9.17, 15) is 4.79 Å².